The molecule has 21 heavy (non-hydrogen) atoms. The van der Waals surface area contributed by atoms with Crippen molar-refractivity contribution in [1.82, 2.24) is 9.88 Å². The van der Waals surface area contributed by atoms with E-state index in [0.29, 0.717) is 11.3 Å². The Bertz CT molecular complexity index is 671. The number of carbonyl (C=O) groups excluding carboxylic acids is 1. The highest BCUT2D eigenvalue weighted by molar-refractivity contribution is 7.10. The molecule has 1 unspecified atom stereocenters. The SMILES string of the molecule is Cn1cc(C#N)cc1C(=O)NC(c1cccs1)C(C)(C)C. The third-order valence-electron chi connectivity index (χ3n) is 3.34. The number of aromatic nitrogens is 1. The smallest absolute Gasteiger partial charge is 0.268 e. The molecule has 0 aliphatic carbocycles. The van der Waals surface area contributed by atoms with E-state index in [4.69, 9.17) is 5.26 Å². The lowest BCUT2D eigenvalue weighted by molar-refractivity contribution is 0.0895. The van der Waals surface area contributed by atoms with Gasteiger partial charge in [-0.15, -0.1) is 11.3 Å². The minimum absolute atomic E-state index is 0.0644. The summed E-state index contributed by atoms with van der Waals surface area (Å²) >= 11 is 1.64. The lowest BCUT2D eigenvalue weighted by atomic mass is 9.85. The molecule has 0 aromatic carbocycles. The molecule has 0 bridgehead atoms. The van der Waals surface area contributed by atoms with Gasteiger partial charge in [0.15, 0.2) is 0 Å². The molecule has 2 aromatic heterocycles. The molecule has 5 heteroatoms. The fourth-order valence-electron chi connectivity index (χ4n) is 2.23. The van der Waals surface area contributed by atoms with E-state index in [1.165, 1.54) is 0 Å². The van der Waals surface area contributed by atoms with Crippen LogP contribution in [0, 0.1) is 16.7 Å². The van der Waals surface area contributed by atoms with Gasteiger partial charge in [-0.1, -0.05) is 26.8 Å². The van der Waals surface area contributed by atoms with Crippen molar-refractivity contribution in [3.05, 3.63) is 45.9 Å². The van der Waals surface area contributed by atoms with Gasteiger partial charge in [0.1, 0.15) is 11.8 Å². The summed E-state index contributed by atoms with van der Waals surface area (Å²) in [7, 11) is 1.77. The number of amides is 1. The molecule has 0 fully saturated rings. The van der Waals surface area contributed by atoms with Crippen molar-refractivity contribution in [3.63, 3.8) is 0 Å². The van der Waals surface area contributed by atoms with E-state index in [1.807, 2.05) is 17.5 Å². The van der Waals surface area contributed by atoms with Gasteiger partial charge in [-0.2, -0.15) is 5.26 Å². The van der Waals surface area contributed by atoms with E-state index in [0.717, 1.165) is 4.88 Å². The van der Waals surface area contributed by atoms with Crippen molar-refractivity contribution in [2.24, 2.45) is 12.5 Å². The summed E-state index contributed by atoms with van der Waals surface area (Å²) in [5.74, 6) is -0.160. The van der Waals surface area contributed by atoms with Gasteiger partial charge in [0.2, 0.25) is 0 Å². The Hall–Kier alpha value is -2.06. The number of nitrogens with one attached hydrogen (secondary N) is 1. The molecule has 0 radical (unpaired) electrons. The molecule has 0 aliphatic rings. The van der Waals surface area contributed by atoms with Crippen molar-refractivity contribution in [2.75, 3.05) is 0 Å². The van der Waals surface area contributed by atoms with Crippen molar-refractivity contribution in [1.29, 1.82) is 5.26 Å². The van der Waals surface area contributed by atoms with Gasteiger partial charge in [-0.25, -0.2) is 0 Å². The first-order valence-electron chi connectivity index (χ1n) is 6.73. The Morgan fingerprint density at radius 1 is 1.48 bits per heavy atom. The Kier molecular flexibility index (Phi) is 4.19. The van der Waals surface area contributed by atoms with Crippen molar-refractivity contribution < 1.29 is 4.79 Å². The van der Waals surface area contributed by atoms with Crippen LogP contribution in [-0.2, 0) is 7.05 Å². The van der Waals surface area contributed by atoms with Crippen LogP contribution in [-0.4, -0.2) is 10.5 Å². The number of thiophene rings is 1. The molecule has 1 atom stereocenters. The van der Waals surface area contributed by atoms with Crippen LogP contribution in [0.2, 0.25) is 0 Å². The summed E-state index contributed by atoms with van der Waals surface area (Å²) in [6.07, 6.45) is 1.66. The molecule has 2 rings (SSSR count). The van der Waals surface area contributed by atoms with Crippen LogP contribution in [0.25, 0.3) is 0 Å². The van der Waals surface area contributed by atoms with Crippen LogP contribution < -0.4 is 5.32 Å². The van der Waals surface area contributed by atoms with Crippen LogP contribution in [0.3, 0.4) is 0 Å². The Morgan fingerprint density at radius 2 is 2.19 bits per heavy atom. The Balaban J connectivity index is 2.27. The molecule has 1 N–H and O–H groups in total. The summed E-state index contributed by atoms with van der Waals surface area (Å²) in [6, 6.07) is 7.63. The lowest BCUT2D eigenvalue weighted by Gasteiger charge is -2.30. The largest absolute Gasteiger partial charge is 0.345 e. The number of rotatable bonds is 3. The average molecular weight is 301 g/mol. The maximum Gasteiger partial charge on any atom is 0.268 e. The van der Waals surface area contributed by atoms with Crippen LogP contribution in [0.15, 0.2) is 29.8 Å². The second-order valence-electron chi connectivity index (χ2n) is 6.12. The number of nitriles is 1. The summed E-state index contributed by atoms with van der Waals surface area (Å²) < 4.78 is 1.68. The minimum Gasteiger partial charge on any atom is -0.345 e. The van der Waals surface area contributed by atoms with Gasteiger partial charge >= 0.3 is 0 Å². The number of nitrogens with zero attached hydrogens (tertiary/aromatic N) is 2. The topological polar surface area (TPSA) is 57.8 Å². The third kappa shape index (κ3) is 3.34. The van der Waals surface area contributed by atoms with E-state index in [9.17, 15) is 4.79 Å². The van der Waals surface area contributed by atoms with Crippen LogP contribution in [0.1, 0.15) is 47.7 Å². The predicted molar refractivity (Wildman–Crippen MR) is 84.1 cm³/mol. The van der Waals surface area contributed by atoms with E-state index < -0.39 is 0 Å². The molecule has 1 amide bonds. The molecular formula is C16H19N3OS. The summed E-state index contributed by atoms with van der Waals surface area (Å²) in [4.78, 5) is 13.6. The normalized spacial score (nSPS) is 12.7. The lowest BCUT2D eigenvalue weighted by Crippen LogP contribution is -2.36. The molecule has 0 saturated heterocycles. The first kappa shape index (κ1) is 15.3. The highest BCUT2D eigenvalue weighted by atomic mass is 32.1. The zero-order chi connectivity index (χ0) is 15.6. The summed E-state index contributed by atoms with van der Waals surface area (Å²) in [5.41, 5.74) is 0.896. The van der Waals surface area contributed by atoms with Crippen LogP contribution >= 0.6 is 11.3 Å². The first-order valence-corrected chi connectivity index (χ1v) is 7.61. The van der Waals surface area contributed by atoms with Gasteiger partial charge < -0.3 is 9.88 Å². The van der Waals surface area contributed by atoms with Crippen LogP contribution in [0.4, 0.5) is 0 Å². The fourth-order valence-corrected chi connectivity index (χ4v) is 3.25. The molecule has 0 saturated carbocycles. The number of carbonyl (C=O) groups is 1. The maximum absolute atomic E-state index is 12.5. The number of hydrogen-bond donors (Lipinski definition) is 1. The zero-order valence-corrected chi connectivity index (χ0v) is 13.5. The van der Waals surface area contributed by atoms with E-state index >= 15 is 0 Å². The molecule has 0 spiro atoms. The molecule has 2 heterocycles. The van der Waals surface area contributed by atoms with Gasteiger partial charge in [-0.05, 0) is 22.9 Å². The molecule has 110 valence electrons. The fraction of sp³-hybridized carbons (Fsp3) is 0.375. The average Bonchev–Trinajstić information content (AvgIpc) is 3.03. The van der Waals surface area contributed by atoms with E-state index in [1.54, 1.807) is 35.2 Å². The molecular weight excluding hydrogens is 282 g/mol. The molecule has 4 nitrogen and oxygen atoms in total. The predicted octanol–water partition coefficient (Wildman–Crippen LogP) is 3.48. The summed E-state index contributed by atoms with van der Waals surface area (Å²) in [6.45, 7) is 6.30. The monoisotopic (exact) mass is 301 g/mol. The summed E-state index contributed by atoms with van der Waals surface area (Å²) in [5, 5.41) is 14.0. The van der Waals surface area contributed by atoms with E-state index in [2.05, 4.69) is 32.2 Å². The van der Waals surface area contributed by atoms with Gasteiger partial charge in [0.05, 0.1) is 11.6 Å². The minimum atomic E-state index is -0.160. The third-order valence-corrected chi connectivity index (χ3v) is 4.27. The Labute approximate surface area is 129 Å². The second-order valence-corrected chi connectivity index (χ2v) is 7.10. The number of hydrogen-bond acceptors (Lipinski definition) is 3. The Morgan fingerprint density at radius 3 is 2.67 bits per heavy atom. The highest BCUT2D eigenvalue weighted by Crippen LogP contribution is 2.35. The van der Waals surface area contributed by atoms with Crippen LogP contribution in [0.5, 0.6) is 0 Å². The van der Waals surface area contributed by atoms with E-state index in [-0.39, 0.29) is 17.4 Å². The molecule has 2 aromatic rings. The standard InChI is InChI=1S/C16H19N3OS/c1-16(2,3)14(13-6-5-7-21-13)18-15(20)12-8-11(9-17)10-19(12)4/h5-8,10,14H,1-4H3,(H,18,20). The van der Waals surface area contributed by atoms with Crippen molar-refractivity contribution in [3.8, 4) is 6.07 Å². The first-order chi connectivity index (χ1) is 9.82. The van der Waals surface area contributed by atoms with Crippen molar-refractivity contribution in [2.45, 2.75) is 26.8 Å². The van der Waals surface area contributed by atoms with Crippen molar-refractivity contribution >= 4 is 17.2 Å². The quantitative estimate of drug-likeness (QED) is 0.943. The maximum atomic E-state index is 12.5. The highest BCUT2D eigenvalue weighted by Gasteiger charge is 2.29. The second kappa shape index (κ2) is 5.74. The number of aryl methyl sites for hydroxylation is 1. The zero-order valence-electron chi connectivity index (χ0n) is 12.7. The molecule has 0 aliphatic heterocycles. The van der Waals surface area contributed by atoms with Gasteiger partial charge in [0.25, 0.3) is 5.91 Å². The van der Waals surface area contributed by atoms with Gasteiger partial charge in [0, 0.05) is 18.1 Å². The van der Waals surface area contributed by atoms with Gasteiger partial charge in [-0.3, -0.25) is 4.79 Å².